The Labute approximate surface area is 208 Å². The zero-order chi connectivity index (χ0) is 26.5. The van der Waals surface area contributed by atoms with Crippen molar-refractivity contribution in [2.75, 3.05) is 6.61 Å². The first kappa shape index (κ1) is 31.3. The lowest BCUT2D eigenvalue weighted by molar-refractivity contribution is -0.140. The van der Waals surface area contributed by atoms with Gasteiger partial charge in [-0.2, -0.15) is 0 Å². The summed E-state index contributed by atoms with van der Waals surface area (Å²) in [4.78, 5) is 12.7. The molecule has 0 aliphatic carbocycles. The fourth-order valence-electron chi connectivity index (χ4n) is 2.90. The van der Waals surface area contributed by atoms with E-state index in [2.05, 4.69) is 102 Å². The predicted octanol–water partition coefficient (Wildman–Crippen LogP) is 6.25. The van der Waals surface area contributed by atoms with E-state index in [1.54, 1.807) is 0 Å². The molecule has 0 amide bonds. The maximum atomic E-state index is 12.7. The van der Waals surface area contributed by atoms with Crippen molar-refractivity contribution in [3.63, 3.8) is 0 Å². The normalized spacial score (nSPS) is 28.3. The van der Waals surface area contributed by atoms with Crippen LogP contribution in [0.2, 0.25) is 54.4 Å². The molecule has 1 fully saturated rings. The highest BCUT2D eigenvalue weighted by atomic mass is 28.4. The Morgan fingerprint density at radius 1 is 0.788 bits per heavy atom. The monoisotopic (exact) mass is 514 g/mol. The SMILES string of the molecule is [B][C@@H]1O[C@](C=O)(CO[Si](C)(C)C(C)(C)C)[C@H](O[Si](C)(C)C(C)(C)C)[C@H]1O[Si](C)(C)C(C)(C)C. The van der Waals surface area contributed by atoms with E-state index in [1.165, 1.54) is 0 Å². The molecule has 0 aromatic carbocycles. The summed E-state index contributed by atoms with van der Waals surface area (Å²) in [5.41, 5.74) is -1.29. The predicted molar refractivity (Wildman–Crippen MR) is 147 cm³/mol. The zero-order valence-corrected chi connectivity index (χ0v) is 27.1. The summed E-state index contributed by atoms with van der Waals surface area (Å²) in [7, 11) is -0.101. The number of ether oxygens (including phenoxy) is 1. The average molecular weight is 515 g/mol. The van der Waals surface area contributed by atoms with Crippen LogP contribution in [0.15, 0.2) is 0 Å². The van der Waals surface area contributed by atoms with E-state index >= 15 is 0 Å². The minimum Gasteiger partial charge on any atom is -0.413 e. The molecule has 0 saturated carbocycles. The molecular weight excluding hydrogens is 463 g/mol. The molecule has 2 radical (unpaired) electrons. The molecule has 4 atom stereocenters. The molecule has 0 aromatic rings. The molecular formula is C24H51BO5Si3. The lowest BCUT2D eigenvalue weighted by Gasteiger charge is -2.46. The Balaban J connectivity index is 3.49. The van der Waals surface area contributed by atoms with Gasteiger partial charge in [0.15, 0.2) is 36.8 Å². The van der Waals surface area contributed by atoms with E-state index in [1.807, 2.05) is 0 Å². The number of rotatable bonds is 8. The van der Waals surface area contributed by atoms with Crippen molar-refractivity contribution in [2.24, 2.45) is 0 Å². The Morgan fingerprint density at radius 3 is 1.55 bits per heavy atom. The van der Waals surface area contributed by atoms with Gasteiger partial charge in [-0.05, 0) is 54.4 Å². The van der Waals surface area contributed by atoms with Crippen molar-refractivity contribution >= 4 is 39.1 Å². The van der Waals surface area contributed by atoms with Crippen molar-refractivity contribution in [3.8, 4) is 0 Å². The summed E-state index contributed by atoms with van der Waals surface area (Å²) >= 11 is 0. The third kappa shape index (κ3) is 6.71. The summed E-state index contributed by atoms with van der Waals surface area (Å²) in [6, 6.07) is -0.762. The van der Waals surface area contributed by atoms with Crippen molar-refractivity contribution < 1.29 is 22.8 Å². The van der Waals surface area contributed by atoms with Crippen LogP contribution in [0.5, 0.6) is 0 Å². The largest absolute Gasteiger partial charge is 0.413 e. The summed E-state index contributed by atoms with van der Waals surface area (Å²) in [6.45, 7) is 32.9. The second kappa shape index (κ2) is 9.59. The van der Waals surface area contributed by atoms with Crippen molar-refractivity contribution in [2.45, 2.75) is 141 Å². The summed E-state index contributed by atoms with van der Waals surface area (Å²) in [5, 5.41) is -0.0565. The Kier molecular flexibility index (Phi) is 9.09. The standard InChI is InChI=1S/C24H51BO5Si3/c1-21(2,3)31(10,11)27-17-24(16-26)19(30-33(14,15)23(7,8)9)18(20(25)28-24)29-32(12,13)22(4,5)6/h16,18-20H,17H2,1-15H3/t18-,19-,20-,24-/m1/s1. The number of hydrogen-bond acceptors (Lipinski definition) is 5. The molecule has 0 spiro atoms. The third-order valence-corrected chi connectivity index (χ3v) is 22.0. The summed E-state index contributed by atoms with van der Waals surface area (Å²) in [5.74, 6) is 0. The van der Waals surface area contributed by atoms with Gasteiger partial charge in [-0.15, -0.1) is 0 Å². The third-order valence-electron chi connectivity index (χ3n) is 8.59. The van der Waals surface area contributed by atoms with E-state index in [4.69, 9.17) is 25.9 Å². The van der Waals surface area contributed by atoms with Crippen LogP contribution < -0.4 is 0 Å². The van der Waals surface area contributed by atoms with Crippen LogP contribution in [0.3, 0.4) is 0 Å². The number of hydrogen-bond donors (Lipinski definition) is 0. The molecule has 5 nitrogen and oxygen atoms in total. The minimum absolute atomic E-state index is 0.00458. The average Bonchev–Trinajstić information content (AvgIpc) is 2.82. The minimum atomic E-state index is -2.28. The van der Waals surface area contributed by atoms with E-state index in [-0.39, 0.29) is 21.7 Å². The Morgan fingerprint density at radius 2 is 1.18 bits per heavy atom. The van der Waals surface area contributed by atoms with Gasteiger partial charge in [0.2, 0.25) is 0 Å². The first-order valence-electron chi connectivity index (χ1n) is 12.2. The zero-order valence-electron chi connectivity index (χ0n) is 24.1. The lowest BCUT2D eigenvalue weighted by atomic mass is 9.90. The van der Waals surface area contributed by atoms with Gasteiger partial charge in [-0.1, -0.05) is 62.3 Å². The quantitative estimate of drug-likeness (QED) is 0.283. The van der Waals surface area contributed by atoms with Crippen LogP contribution >= 0.6 is 0 Å². The van der Waals surface area contributed by atoms with E-state index < -0.39 is 48.8 Å². The van der Waals surface area contributed by atoms with Crippen LogP contribution in [-0.4, -0.2) is 69.5 Å². The molecule has 33 heavy (non-hydrogen) atoms. The smallest absolute Gasteiger partial charge is 0.192 e. The van der Waals surface area contributed by atoms with Crippen LogP contribution in [0.25, 0.3) is 0 Å². The van der Waals surface area contributed by atoms with E-state index in [9.17, 15) is 4.79 Å². The lowest BCUT2D eigenvalue weighted by Crippen LogP contribution is -2.59. The molecule has 1 aliphatic heterocycles. The summed E-state index contributed by atoms with van der Waals surface area (Å²) < 4.78 is 26.4. The Bertz CT molecular complexity index is 692. The number of aldehydes is 1. The molecule has 0 N–H and O–H groups in total. The van der Waals surface area contributed by atoms with Crippen molar-refractivity contribution in [1.82, 2.24) is 0 Å². The van der Waals surface area contributed by atoms with Gasteiger partial charge in [0.05, 0.1) is 12.7 Å². The highest BCUT2D eigenvalue weighted by Gasteiger charge is 2.60. The van der Waals surface area contributed by atoms with Gasteiger partial charge < -0.3 is 18.0 Å². The molecule has 1 rings (SSSR count). The molecule has 0 aromatic heterocycles. The van der Waals surface area contributed by atoms with Crippen LogP contribution in [0, 0.1) is 0 Å². The fraction of sp³-hybridized carbons (Fsp3) is 0.958. The Hall–Kier alpha value is 0.226. The van der Waals surface area contributed by atoms with E-state index in [0.717, 1.165) is 6.29 Å². The first-order valence-corrected chi connectivity index (χ1v) is 21.0. The number of carbonyl (C=O) groups excluding carboxylic acids is 1. The van der Waals surface area contributed by atoms with Crippen LogP contribution in [-0.2, 0) is 22.8 Å². The summed E-state index contributed by atoms with van der Waals surface area (Å²) in [6.07, 6.45) is -0.301. The molecule has 192 valence electrons. The molecule has 1 saturated heterocycles. The van der Waals surface area contributed by atoms with Crippen molar-refractivity contribution in [1.29, 1.82) is 0 Å². The molecule has 9 heteroatoms. The van der Waals surface area contributed by atoms with E-state index in [0.29, 0.717) is 0 Å². The second-order valence-corrected chi connectivity index (χ2v) is 28.7. The molecule has 1 heterocycles. The highest BCUT2D eigenvalue weighted by Crippen LogP contribution is 2.46. The van der Waals surface area contributed by atoms with Gasteiger partial charge in [0, 0.05) is 6.00 Å². The maximum absolute atomic E-state index is 12.7. The van der Waals surface area contributed by atoms with Crippen LogP contribution in [0.1, 0.15) is 62.3 Å². The molecule has 0 unspecified atom stereocenters. The molecule has 1 aliphatic rings. The number of carbonyl (C=O) groups is 1. The topological polar surface area (TPSA) is 54.0 Å². The maximum Gasteiger partial charge on any atom is 0.192 e. The second-order valence-electron chi connectivity index (χ2n) is 14.3. The van der Waals surface area contributed by atoms with Gasteiger partial charge in [-0.3, -0.25) is 4.79 Å². The van der Waals surface area contributed by atoms with Gasteiger partial charge in [0.1, 0.15) is 14.0 Å². The van der Waals surface area contributed by atoms with Crippen LogP contribution in [0.4, 0.5) is 0 Å². The van der Waals surface area contributed by atoms with Gasteiger partial charge in [-0.25, -0.2) is 0 Å². The fourth-order valence-corrected chi connectivity index (χ4v) is 6.53. The first-order chi connectivity index (χ1) is 14.3. The van der Waals surface area contributed by atoms with Crippen molar-refractivity contribution in [3.05, 3.63) is 0 Å². The van der Waals surface area contributed by atoms with Gasteiger partial charge >= 0.3 is 0 Å². The molecule has 0 bridgehead atoms. The highest BCUT2D eigenvalue weighted by molar-refractivity contribution is 6.75. The van der Waals surface area contributed by atoms with Gasteiger partial charge in [0.25, 0.3) is 0 Å².